The van der Waals surface area contributed by atoms with Crippen LogP contribution in [0.3, 0.4) is 0 Å². The van der Waals surface area contributed by atoms with Crippen LogP contribution in [0.25, 0.3) is 0 Å². The maximum atomic E-state index is 12.6. The predicted molar refractivity (Wildman–Crippen MR) is 100.0 cm³/mol. The van der Waals surface area contributed by atoms with E-state index < -0.39 is 11.9 Å². The fourth-order valence-electron chi connectivity index (χ4n) is 2.51. The molecule has 0 aliphatic rings. The van der Waals surface area contributed by atoms with Crippen molar-refractivity contribution < 1.29 is 24.2 Å². The number of aromatic carboxylic acids is 1. The molecule has 0 heterocycles. The van der Waals surface area contributed by atoms with Gasteiger partial charge in [-0.25, -0.2) is 4.79 Å². The monoisotopic (exact) mass is 377 g/mol. The first-order valence-electron chi connectivity index (χ1n) is 7.88. The van der Waals surface area contributed by atoms with Crippen molar-refractivity contribution in [3.63, 3.8) is 0 Å². The van der Waals surface area contributed by atoms with Crippen LogP contribution in [0.5, 0.6) is 11.5 Å². The Hall–Kier alpha value is -2.73. The second-order valence-electron chi connectivity index (χ2n) is 5.91. The van der Waals surface area contributed by atoms with Gasteiger partial charge >= 0.3 is 5.97 Å². The molecule has 0 bridgehead atoms. The highest BCUT2D eigenvalue weighted by atomic mass is 35.5. The number of amides is 1. The number of carbonyl (C=O) groups excluding carboxylic acids is 1. The van der Waals surface area contributed by atoms with E-state index in [0.29, 0.717) is 10.6 Å². The van der Waals surface area contributed by atoms with Gasteiger partial charge in [0.2, 0.25) is 0 Å². The van der Waals surface area contributed by atoms with Crippen molar-refractivity contribution in [2.75, 3.05) is 19.5 Å². The Morgan fingerprint density at radius 2 is 1.77 bits per heavy atom. The zero-order chi connectivity index (χ0) is 19.4. The number of hydrogen-bond acceptors (Lipinski definition) is 4. The van der Waals surface area contributed by atoms with E-state index in [2.05, 4.69) is 5.32 Å². The molecule has 0 atom stereocenters. The van der Waals surface area contributed by atoms with E-state index in [-0.39, 0.29) is 28.7 Å². The highest BCUT2D eigenvalue weighted by Crippen LogP contribution is 2.37. The Labute approximate surface area is 156 Å². The summed E-state index contributed by atoms with van der Waals surface area (Å²) >= 11 is 6.24. The molecular weight excluding hydrogens is 358 g/mol. The summed E-state index contributed by atoms with van der Waals surface area (Å²) in [5.41, 5.74) is 1.45. The Morgan fingerprint density at radius 3 is 2.27 bits per heavy atom. The Bertz CT molecular complexity index is 848. The standard InChI is InChI=1S/C19H20ClNO5/c1-10(2)13-6-5-11(7-14(13)20)18(22)21-15-8-12(19(23)24)9-16(25-3)17(15)26-4/h5-10H,1-4H3,(H,21,22)(H,23,24). The van der Waals surface area contributed by atoms with E-state index in [1.54, 1.807) is 18.2 Å². The molecule has 7 heteroatoms. The molecule has 0 spiro atoms. The van der Waals surface area contributed by atoms with Crippen LogP contribution in [0.4, 0.5) is 5.69 Å². The highest BCUT2D eigenvalue weighted by Gasteiger charge is 2.19. The normalized spacial score (nSPS) is 10.5. The second-order valence-corrected chi connectivity index (χ2v) is 6.32. The number of carboxylic acid groups (broad SMARTS) is 1. The minimum absolute atomic E-state index is 0.0360. The molecule has 6 nitrogen and oxygen atoms in total. The molecule has 2 rings (SSSR count). The zero-order valence-electron chi connectivity index (χ0n) is 14.9. The molecule has 0 aliphatic carbocycles. The smallest absolute Gasteiger partial charge is 0.335 e. The lowest BCUT2D eigenvalue weighted by Gasteiger charge is -2.15. The Balaban J connectivity index is 2.40. The van der Waals surface area contributed by atoms with Crippen molar-refractivity contribution in [3.05, 3.63) is 52.0 Å². The molecule has 138 valence electrons. The molecule has 2 aromatic rings. The maximum Gasteiger partial charge on any atom is 0.335 e. The van der Waals surface area contributed by atoms with Gasteiger partial charge in [-0.3, -0.25) is 4.79 Å². The molecule has 2 aromatic carbocycles. The number of nitrogens with one attached hydrogen (secondary N) is 1. The van der Waals surface area contributed by atoms with Gasteiger partial charge in [0, 0.05) is 10.6 Å². The van der Waals surface area contributed by atoms with E-state index in [9.17, 15) is 14.7 Å². The number of benzene rings is 2. The average molecular weight is 378 g/mol. The third-order valence-corrected chi connectivity index (χ3v) is 4.19. The van der Waals surface area contributed by atoms with Gasteiger partial charge in [-0.05, 0) is 35.7 Å². The second kappa shape index (κ2) is 8.10. The number of ether oxygens (including phenoxy) is 2. The predicted octanol–water partition coefficient (Wildman–Crippen LogP) is 4.43. The number of carbonyl (C=O) groups is 2. The van der Waals surface area contributed by atoms with Crippen LogP contribution in [-0.2, 0) is 0 Å². The first-order chi connectivity index (χ1) is 12.3. The number of methoxy groups -OCH3 is 2. The van der Waals surface area contributed by atoms with Gasteiger partial charge < -0.3 is 19.9 Å². The van der Waals surface area contributed by atoms with Gasteiger partial charge in [-0.15, -0.1) is 0 Å². The SMILES string of the molecule is COc1cc(C(=O)O)cc(NC(=O)c2ccc(C(C)C)c(Cl)c2)c1OC. The van der Waals surface area contributed by atoms with Crippen molar-refractivity contribution in [3.8, 4) is 11.5 Å². The first-order valence-corrected chi connectivity index (χ1v) is 8.26. The molecule has 2 N–H and O–H groups in total. The molecular formula is C19H20ClNO5. The fourth-order valence-corrected chi connectivity index (χ4v) is 2.91. The fraction of sp³-hybridized carbons (Fsp3) is 0.263. The first kappa shape index (κ1) is 19.6. The Morgan fingerprint density at radius 1 is 1.08 bits per heavy atom. The maximum absolute atomic E-state index is 12.6. The number of hydrogen-bond donors (Lipinski definition) is 2. The van der Waals surface area contributed by atoms with Crippen molar-refractivity contribution in [1.82, 2.24) is 0 Å². The minimum Gasteiger partial charge on any atom is -0.493 e. The largest absolute Gasteiger partial charge is 0.493 e. The van der Waals surface area contributed by atoms with Gasteiger partial charge in [0.1, 0.15) is 0 Å². The molecule has 1 amide bonds. The van der Waals surface area contributed by atoms with Gasteiger partial charge in [0.15, 0.2) is 11.5 Å². The molecule has 0 saturated heterocycles. The van der Waals surface area contributed by atoms with Crippen LogP contribution in [-0.4, -0.2) is 31.2 Å². The topological polar surface area (TPSA) is 84.9 Å². The summed E-state index contributed by atoms with van der Waals surface area (Å²) < 4.78 is 10.4. The summed E-state index contributed by atoms with van der Waals surface area (Å²) in [6.07, 6.45) is 0. The quantitative estimate of drug-likeness (QED) is 0.777. The average Bonchev–Trinajstić information content (AvgIpc) is 2.60. The number of anilines is 1. The van der Waals surface area contributed by atoms with Crippen molar-refractivity contribution in [1.29, 1.82) is 0 Å². The zero-order valence-corrected chi connectivity index (χ0v) is 15.7. The minimum atomic E-state index is -1.15. The van der Waals surface area contributed by atoms with Crippen LogP contribution in [0, 0.1) is 0 Å². The van der Waals surface area contributed by atoms with E-state index in [4.69, 9.17) is 21.1 Å². The summed E-state index contributed by atoms with van der Waals surface area (Å²) in [5.74, 6) is -0.918. The van der Waals surface area contributed by atoms with E-state index in [1.165, 1.54) is 26.4 Å². The molecule has 0 aliphatic heterocycles. The summed E-state index contributed by atoms with van der Waals surface area (Å²) in [6.45, 7) is 4.02. The summed E-state index contributed by atoms with van der Waals surface area (Å²) in [7, 11) is 2.79. The van der Waals surface area contributed by atoms with E-state index >= 15 is 0 Å². The lowest BCUT2D eigenvalue weighted by molar-refractivity contribution is 0.0696. The molecule has 26 heavy (non-hydrogen) atoms. The molecule has 0 radical (unpaired) electrons. The molecule has 0 fully saturated rings. The van der Waals surface area contributed by atoms with Crippen molar-refractivity contribution in [2.45, 2.75) is 19.8 Å². The molecule has 0 saturated carbocycles. The van der Waals surface area contributed by atoms with Crippen LogP contribution in [0.15, 0.2) is 30.3 Å². The van der Waals surface area contributed by atoms with E-state index in [1.807, 2.05) is 13.8 Å². The van der Waals surface area contributed by atoms with Gasteiger partial charge in [0.25, 0.3) is 5.91 Å². The molecule has 0 aromatic heterocycles. The summed E-state index contributed by atoms with van der Waals surface area (Å²) in [5, 5.41) is 12.4. The van der Waals surface area contributed by atoms with Gasteiger partial charge in [0.05, 0.1) is 25.5 Å². The highest BCUT2D eigenvalue weighted by molar-refractivity contribution is 6.32. The van der Waals surface area contributed by atoms with Gasteiger partial charge in [-0.2, -0.15) is 0 Å². The number of rotatable bonds is 6. The lowest BCUT2D eigenvalue weighted by atomic mass is 10.0. The van der Waals surface area contributed by atoms with E-state index in [0.717, 1.165) is 5.56 Å². The van der Waals surface area contributed by atoms with Crippen LogP contribution >= 0.6 is 11.6 Å². The van der Waals surface area contributed by atoms with Crippen molar-refractivity contribution in [2.24, 2.45) is 0 Å². The third-order valence-electron chi connectivity index (χ3n) is 3.86. The molecule has 0 unspecified atom stereocenters. The number of halogens is 1. The van der Waals surface area contributed by atoms with Gasteiger partial charge in [-0.1, -0.05) is 31.5 Å². The third kappa shape index (κ3) is 4.08. The number of carboxylic acids is 1. The van der Waals surface area contributed by atoms with Crippen molar-refractivity contribution >= 4 is 29.2 Å². The Kier molecular flexibility index (Phi) is 6.10. The lowest BCUT2D eigenvalue weighted by Crippen LogP contribution is -2.14. The van der Waals surface area contributed by atoms with Crippen LogP contribution < -0.4 is 14.8 Å². The summed E-state index contributed by atoms with van der Waals surface area (Å²) in [4.78, 5) is 23.9. The van der Waals surface area contributed by atoms with Crippen LogP contribution in [0.1, 0.15) is 46.0 Å². The summed E-state index contributed by atoms with van der Waals surface area (Å²) in [6, 6.07) is 7.68. The van der Waals surface area contributed by atoms with Crippen LogP contribution in [0.2, 0.25) is 5.02 Å².